The van der Waals surface area contributed by atoms with Gasteiger partial charge in [0, 0.05) is 13.0 Å². The van der Waals surface area contributed by atoms with Crippen LogP contribution in [0.3, 0.4) is 0 Å². The molecule has 1 aromatic heterocycles. The zero-order valence-electron chi connectivity index (χ0n) is 7.06. The Balaban J connectivity index is 2.48. The molecule has 2 N–H and O–H groups in total. The second-order valence-electron chi connectivity index (χ2n) is 2.63. The minimum Gasteiger partial charge on any atom is -0.481 e. The Bertz CT molecular complexity index is 281. The Morgan fingerprint density at radius 2 is 2.38 bits per heavy atom. The first-order chi connectivity index (χ1) is 6.22. The van der Waals surface area contributed by atoms with Gasteiger partial charge in [-0.2, -0.15) is 0 Å². The molecule has 0 radical (unpaired) electrons. The fourth-order valence-electron chi connectivity index (χ4n) is 0.930. The van der Waals surface area contributed by atoms with Gasteiger partial charge in [0.2, 0.25) is 0 Å². The van der Waals surface area contributed by atoms with Crippen molar-refractivity contribution in [1.29, 1.82) is 0 Å². The quantitative estimate of drug-likeness (QED) is 0.685. The first-order valence-corrected chi connectivity index (χ1v) is 3.98. The van der Waals surface area contributed by atoms with Crippen molar-refractivity contribution in [3.63, 3.8) is 0 Å². The standard InChI is InChI=1S/C8H11NO4/c10-3-1-2-7-9-6(5-13-7)4-8(11)12/h5,10H,1-4H2,(H,11,12). The summed E-state index contributed by atoms with van der Waals surface area (Å²) in [6.07, 6.45) is 2.33. The van der Waals surface area contributed by atoms with Crippen molar-refractivity contribution in [3.8, 4) is 0 Å². The van der Waals surface area contributed by atoms with Gasteiger partial charge in [-0.1, -0.05) is 0 Å². The molecular weight excluding hydrogens is 174 g/mol. The van der Waals surface area contributed by atoms with Gasteiger partial charge in [0.05, 0.1) is 12.1 Å². The number of nitrogens with zero attached hydrogens (tertiary/aromatic N) is 1. The molecular formula is C8H11NO4. The van der Waals surface area contributed by atoms with Crippen LogP contribution in [-0.2, 0) is 17.6 Å². The zero-order chi connectivity index (χ0) is 9.68. The summed E-state index contributed by atoms with van der Waals surface area (Å²) in [6, 6.07) is 0. The molecule has 0 unspecified atom stereocenters. The highest BCUT2D eigenvalue weighted by Gasteiger charge is 2.06. The maximum absolute atomic E-state index is 10.3. The van der Waals surface area contributed by atoms with Crippen molar-refractivity contribution in [1.82, 2.24) is 4.98 Å². The highest BCUT2D eigenvalue weighted by atomic mass is 16.4. The Morgan fingerprint density at radius 3 is 3.00 bits per heavy atom. The second-order valence-corrected chi connectivity index (χ2v) is 2.63. The number of aliphatic hydroxyl groups is 1. The lowest BCUT2D eigenvalue weighted by atomic mass is 10.3. The van der Waals surface area contributed by atoms with Crippen molar-refractivity contribution in [2.24, 2.45) is 0 Å². The van der Waals surface area contributed by atoms with Gasteiger partial charge in [0.1, 0.15) is 6.26 Å². The van der Waals surface area contributed by atoms with Crippen LogP contribution in [0.4, 0.5) is 0 Å². The molecule has 0 aliphatic heterocycles. The number of hydrogen-bond donors (Lipinski definition) is 2. The van der Waals surface area contributed by atoms with Gasteiger partial charge >= 0.3 is 5.97 Å². The first kappa shape index (κ1) is 9.73. The molecule has 72 valence electrons. The van der Waals surface area contributed by atoms with E-state index in [1.54, 1.807) is 0 Å². The van der Waals surface area contributed by atoms with E-state index in [9.17, 15) is 4.79 Å². The third-order valence-corrected chi connectivity index (χ3v) is 1.48. The number of oxazole rings is 1. The number of hydrogen-bond acceptors (Lipinski definition) is 4. The summed E-state index contributed by atoms with van der Waals surface area (Å²) >= 11 is 0. The molecule has 0 atom stereocenters. The van der Waals surface area contributed by atoms with E-state index in [-0.39, 0.29) is 13.0 Å². The maximum Gasteiger partial charge on any atom is 0.309 e. The highest BCUT2D eigenvalue weighted by molar-refractivity contribution is 5.69. The molecule has 0 saturated heterocycles. The average Bonchev–Trinajstić information content (AvgIpc) is 2.48. The molecule has 1 heterocycles. The lowest BCUT2D eigenvalue weighted by molar-refractivity contribution is -0.136. The minimum atomic E-state index is -0.929. The molecule has 0 spiro atoms. The highest BCUT2D eigenvalue weighted by Crippen LogP contribution is 2.04. The van der Waals surface area contributed by atoms with E-state index in [2.05, 4.69) is 4.98 Å². The fraction of sp³-hybridized carbons (Fsp3) is 0.500. The van der Waals surface area contributed by atoms with Crippen LogP contribution < -0.4 is 0 Å². The largest absolute Gasteiger partial charge is 0.481 e. The zero-order valence-corrected chi connectivity index (χ0v) is 7.06. The van der Waals surface area contributed by atoms with Gasteiger partial charge in [-0.3, -0.25) is 4.79 Å². The van der Waals surface area contributed by atoms with Crippen LogP contribution in [0.2, 0.25) is 0 Å². The lowest BCUT2D eigenvalue weighted by Crippen LogP contribution is -2.00. The monoisotopic (exact) mass is 185 g/mol. The summed E-state index contributed by atoms with van der Waals surface area (Å²) in [5, 5.41) is 16.9. The molecule has 0 saturated carbocycles. The van der Waals surface area contributed by atoms with Crippen LogP contribution in [0.5, 0.6) is 0 Å². The number of rotatable bonds is 5. The minimum absolute atomic E-state index is 0.0800. The second kappa shape index (κ2) is 4.61. The van der Waals surface area contributed by atoms with Gasteiger partial charge in [-0.05, 0) is 6.42 Å². The normalized spacial score (nSPS) is 10.2. The molecule has 1 rings (SSSR count). The predicted octanol–water partition coefficient (Wildman–Crippen LogP) is 0.227. The number of carboxylic acid groups (broad SMARTS) is 1. The Morgan fingerprint density at radius 1 is 1.62 bits per heavy atom. The number of aliphatic hydroxyl groups excluding tert-OH is 1. The van der Waals surface area contributed by atoms with Crippen LogP contribution in [0.25, 0.3) is 0 Å². The van der Waals surface area contributed by atoms with Crippen molar-refractivity contribution >= 4 is 5.97 Å². The first-order valence-electron chi connectivity index (χ1n) is 3.98. The van der Waals surface area contributed by atoms with Gasteiger partial charge in [0.25, 0.3) is 0 Å². The van der Waals surface area contributed by atoms with E-state index in [1.165, 1.54) is 6.26 Å². The summed E-state index contributed by atoms with van der Waals surface area (Å²) in [7, 11) is 0. The van der Waals surface area contributed by atoms with Crippen LogP contribution in [0.15, 0.2) is 10.7 Å². The number of aliphatic carboxylic acids is 1. The lowest BCUT2D eigenvalue weighted by Gasteiger charge is -1.89. The topological polar surface area (TPSA) is 83.6 Å². The smallest absolute Gasteiger partial charge is 0.309 e. The molecule has 1 aromatic rings. The van der Waals surface area contributed by atoms with Crippen molar-refractivity contribution < 1.29 is 19.4 Å². The maximum atomic E-state index is 10.3. The van der Waals surface area contributed by atoms with E-state index >= 15 is 0 Å². The van der Waals surface area contributed by atoms with Gasteiger partial charge < -0.3 is 14.6 Å². The van der Waals surface area contributed by atoms with Gasteiger partial charge in [-0.15, -0.1) is 0 Å². The van der Waals surface area contributed by atoms with Crippen LogP contribution in [0, 0.1) is 0 Å². The van der Waals surface area contributed by atoms with Crippen molar-refractivity contribution in [3.05, 3.63) is 17.8 Å². The van der Waals surface area contributed by atoms with Gasteiger partial charge in [0.15, 0.2) is 5.89 Å². The van der Waals surface area contributed by atoms with Gasteiger partial charge in [-0.25, -0.2) is 4.98 Å². The molecule has 5 nitrogen and oxygen atoms in total. The molecule has 0 fully saturated rings. The average molecular weight is 185 g/mol. The number of aryl methyl sites for hydroxylation is 1. The number of carboxylic acids is 1. The summed E-state index contributed by atoms with van der Waals surface area (Å²) < 4.78 is 4.98. The van der Waals surface area contributed by atoms with Crippen molar-refractivity contribution in [2.75, 3.05) is 6.61 Å². The van der Waals surface area contributed by atoms with Crippen LogP contribution in [0.1, 0.15) is 18.0 Å². The molecule has 0 aliphatic carbocycles. The number of aromatic nitrogens is 1. The SMILES string of the molecule is O=C(O)Cc1coc(CCCO)n1. The van der Waals surface area contributed by atoms with E-state index in [1.807, 2.05) is 0 Å². The molecule has 0 bridgehead atoms. The molecule has 0 amide bonds. The summed E-state index contributed by atoms with van der Waals surface area (Å²) in [6.45, 7) is 0.0800. The van der Waals surface area contributed by atoms with Crippen LogP contribution >= 0.6 is 0 Å². The summed E-state index contributed by atoms with van der Waals surface area (Å²) in [5.74, 6) is -0.452. The predicted molar refractivity (Wildman–Crippen MR) is 43.2 cm³/mol. The molecule has 0 aromatic carbocycles. The molecule has 5 heteroatoms. The van der Waals surface area contributed by atoms with Crippen molar-refractivity contribution in [2.45, 2.75) is 19.3 Å². The number of carbonyl (C=O) groups is 1. The molecule has 0 aliphatic rings. The summed E-state index contributed by atoms with van der Waals surface area (Å²) in [4.78, 5) is 14.2. The Labute approximate surface area is 75.0 Å². The Kier molecular flexibility index (Phi) is 3.45. The van der Waals surface area contributed by atoms with E-state index in [0.717, 1.165) is 0 Å². The van der Waals surface area contributed by atoms with E-state index < -0.39 is 5.97 Å². The fourth-order valence-corrected chi connectivity index (χ4v) is 0.930. The summed E-state index contributed by atoms with van der Waals surface area (Å²) in [5.41, 5.74) is 0.417. The third kappa shape index (κ3) is 3.25. The van der Waals surface area contributed by atoms with Crippen LogP contribution in [-0.4, -0.2) is 27.8 Å². The third-order valence-electron chi connectivity index (χ3n) is 1.48. The molecule has 13 heavy (non-hydrogen) atoms. The Hall–Kier alpha value is -1.36. The van der Waals surface area contributed by atoms with E-state index in [0.29, 0.717) is 24.4 Å². The van der Waals surface area contributed by atoms with E-state index in [4.69, 9.17) is 14.6 Å².